The van der Waals surface area contributed by atoms with Crippen molar-refractivity contribution < 1.29 is 39.3 Å². The van der Waals surface area contributed by atoms with Crippen LogP contribution >= 0.6 is 12.6 Å². The van der Waals surface area contributed by atoms with E-state index in [9.17, 15) is 29.1 Å². The molecule has 0 saturated heterocycles. The second-order valence-electron chi connectivity index (χ2n) is 6.49. The smallest absolute Gasteiger partial charge is 0.327 e. The van der Waals surface area contributed by atoms with Gasteiger partial charge in [-0.05, 0) is 24.1 Å². The van der Waals surface area contributed by atoms with E-state index in [2.05, 4.69) is 28.6 Å². The molecule has 0 aliphatic carbocycles. The fourth-order valence-electron chi connectivity index (χ4n) is 2.36. The number of amides is 3. The maximum atomic E-state index is 12.3. The van der Waals surface area contributed by atoms with E-state index >= 15 is 0 Å². The summed E-state index contributed by atoms with van der Waals surface area (Å²) in [6.07, 6.45) is -0.699. The van der Waals surface area contributed by atoms with Gasteiger partial charge in [0.1, 0.15) is 17.8 Å². The van der Waals surface area contributed by atoms with Gasteiger partial charge in [0.05, 0.1) is 19.0 Å². The number of nitrogens with one attached hydrogen (secondary N) is 3. The highest BCUT2D eigenvalue weighted by Crippen LogP contribution is 2.11. The van der Waals surface area contributed by atoms with Gasteiger partial charge in [0.15, 0.2) is 0 Å². The summed E-state index contributed by atoms with van der Waals surface area (Å²) in [6.45, 7) is -0.637. The molecule has 0 spiro atoms. The standard InChI is InChI=1S/C18H24N4O8S/c19-11(5-9-1-3-10(23)4-2-9)16(27)22-12(6-15(25)26)17(28)20-7-14(24)21-13(8-31)18(29)30/h1-4,11-13,23,31H,5-8,19H2,(H,20,28)(H,21,24)(H,22,27)(H,25,26)(H,29,30). The summed E-state index contributed by atoms with van der Waals surface area (Å²) in [5.74, 6) is -5.41. The third-order valence-electron chi connectivity index (χ3n) is 3.98. The Labute approximate surface area is 182 Å². The summed E-state index contributed by atoms with van der Waals surface area (Å²) >= 11 is 3.79. The van der Waals surface area contributed by atoms with Crippen molar-refractivity contribution >= 4 is 42.3 Å². The molecule has 0 aliphatic heterocycles. The predicted molar refractivity (Wildman–Crippen MR) is 110 cm³/mol. The number of hydrogen-bond acceptors (Lipinski definition) is 8. The Morgan fingerprint density at radius 3 is 2.10 bits per heavy atom. The lowest BCUT2D eigenvalue weighted by atomic mass is 10.0. The Bertz CT molecular complexity index is 817. The van der Waals surface area contributed by atoms with E-state index in [0.29, 0.717) is 5.56 Å². The second-order valence-corrected chi connectivity index (χ2v) is 6.86. The first-order chi connectivity index (χ1) is 14.5. The first-order valence-corrected chi connectivity index (χ1v) is 9.63. The molecule has 12 nitrogen and oxygen atoms in total. The molecule has 8 N–H and O–H groups in total. The minimum Gasteiger partial charge on any atom is -0.508 e. The van der Waals surface area contributed by atoms with Crippen molar-refractivity contribution in [2.45, 2.75) is 31.0 Å². The Morgan fingerprint density at radius 2 is 1.58 bits per heavy atom. The molecule has 3 atom stereocenters. The number of carboxylic acid groups (broad SMARTS) is 2. The van der Waals surface area contributed by atoms with Gasteiger partial charge in [0, 0.05) is 5.75 Å². The van der Waals surface area contributed by atoms with Gasteiger partial charge in [-0.15, -0.1) is 0 Å². The number of thiol groups is 1. The summed E-state index contributed by atoms with van der Waals surface area (Å²) in [6, 6.07) is 2.05. The molecule has 1 aromatic carbocycles. The number of phenolic OH excluding ortho intramolecular Hbond substituents is 1. The number of carboxylic acids is 2. The van der Waals surface area contributed by atoms with E-state index in [-0.39, 0.29) is 17.9 Å². The quantitative estimate of drug-likeness (QED) is 0.161. The van der Waals surface area contributed by atoms with Gasteiger partial charge in [-0.1, -0.05) is 12.1 Å². The molecule has 1 aromatic rings. The van der Waals surface area contributed by atoms with Crippen LogP contribution < -0.4 is 21.7 Å². The highest BCUT2D eigenvalue weighted by Gasteiger charge is 2.27. The van der Waals surface area contributed by atoms with Gasteiger partial charge in [0.2, 0.25) is 17.7 Å². The molecule has 31 heavy (non-hydrogen) atoms. The first-order valence-electron chi connectivity index (χ1n) is 8.99. The predicted octanol–water partition coefficient (Wildman–Crippen LogP) is -2.16. The summed E-state index contributed by atoms with van der Waals surface area (Å²) in [5, 5.41) is 33.6. The van der Waals surface area contributed by atoms with Crippen LogP contribution in [0.5, 0.6) is 5.75 Å². The monoisotopic (exact) mass is 456 g/mol. The number of aliphatic carboxylic acids is 2. The Hall–Kier alpha value is -3.32. The largest absolute Gasteiger partial charge is 0.508 e. The van der Waals surface area contributed by atoms with Crippen molar-refractivity contribution in [2.24, 2.45) is 5.73 Å². The number of benzene rings is 1. The van der Waals surface area contributed by atoms with Crippen molar-refractivity contribution in [3.63, 3.8) is 0 Å². The van der Waals surface area contributed by atoms with Crippen LogP contribution in [0, 0.1) is 0 Å². The van der Waals surface area contributed by atoms with Crippen molar-refractivity contribution in [3.05, 3.63) is 29.8 Å². The molecular formula is C18H24N4O8S. The lowest BCUT2D eigenvalue weighted by Gasteiger charge is -2.20. The van der Waals surface area contributed by atoms with E-state index in [4.69, 9.17) is 15.9 Å². The molecule has 0 bridgehead atoms. The van der Waals surface area contributed by atoms with E-state index in [1.165, 1.54) is 12.1 Å². The Morgan fingerprint density at radius 1 is 0.968 bits per heavy atom. The summed E-state index contributed by atoms with van der Waals surface area (Å²) < 4.78 is 0. The minimum atomic E-state index is -1.51. The number of carbonyl (C=O) groups is 5. The number of nitrogens with two attached hydrogens (primary N) is 1. The van der Waals surface area contributed by atoms with Crippen LogP contribution in [0.15, 0.2) is 24.3 Å². The van der Waals surface area contributed by atoms with Gasteiger partial charge in [-0.2, -0.15) is 12.6 Å². The van der Waals surface area contributed by atoms with Crippen molar-refractivity contribution in [1.29, 1.82) is 0 Å². The number of rotatable bonds is 12. The van der Waals surface area contributed by atoms with E-state index in [1.807, 2.05) is 0 Å². The number of hydrogen-bond donors (Lipinski definition) is 8. The molecule has 0 radical (unpaired) electrons. The molecule has 0 saturated carbocycles. The SMILES string of the molecule is NC(Cc1ccc(O)cc1)C(=O)NC(CC(=O)O)C(=O)NCC(=O)NC(CS)C(=O)O. The molecule has 1 rings (SSSR count). The van der Waals surface area contributed by atoms with Gasteiger partial charge in [0.25, 0.3) is 0 Å². The van der Waals surface area contributed by atoms with Gasteiger partial charge < -0.3 is 37.0 Å². The third kappa shape index (κ3) is 9.35. The summed E-state index contributed by atoms with van der Waals surface area (Å²) in [4.78, 5) is 58.2. The minimum absolute atomic E-state index is 0.0352. The average Bonchev–Trinajstić information content (AvgIpc) is 2.70. The van der Waals surface area contributed by atoms with Crippen LogP contribution in [0.25, 0.3) is 0 Å². The van der Waals surface area contributed by atoms with Gasteiger partial charge in [-0.25, -0.2) is 4.79 Å². The zero-order chi connectivity index (χ0) is 23.6. The number of phenols is 1. The summed E-state index contributed by atoms with van der Waals surface area (Å²) in [7, 11) is 0. The molecule has 3 amide bonds. The topological polar surface area (TPSA) is 208 Å². The van der Waals surface area contributed by atoms with Crippen molar-refractivity contribution in [1.82, 2.24) is 16.0 Å². The van der Waals surface area contributed by atoms with E-state index in [0.717, 1.165) is 0 Å². The molecule has 0 heterocycles. The maximum Gasteiger partial charge on any atom is 0.327 e. The van der Waals surface area contributed by atoms with Crippen molar-refractivity contribution in [2.75, 3.05) is 12.3 Å². The van der Waals surface area contributed by atoms with Crippen LogP contribution in [0.1, 0.15) is 12.0 Å². The normalized spacial score (nSPS) is 13.4. The van der Waals surface area contributed by atoms with E-state index in [1.54, 1.807) is 12.1 Å². The van der Waals surface area contributed by atoms with Crippen LogP contribution in [0.4, 0.5) is 0 Å². The molecule has 0 aliphatic rings. The van der Waals surface area contributed by atoms with Crippen LogP contribution in [-0.4, -0.2) is 75.4 Å². The molecular weight excluding hydrogens is 432 g/mol. The highest BCUT2D eigenvalue weighted by molar-refractivity contribution is 7.80. The first kappa shape index (κ1) is 25.7. The highest BCUT2D eigenvalue weighted by atomic mass is 32.1. The molecule has 170 valence electrons. The zero-order valence-electron chi connectivity index (χ0n) is 16.3. The molecule has 13 heteroatoms. The lowest BCUT2D eigenvalue weighted by molar-refractivity contribution is -0.142. The number of carbonyl (C=O) groups excluding carboxylic acids is 3. The van der Waals surface area contributed by atoms with E-state index < -0.39 is 60.8 Å². The average molecular weight is 456 g/mol. The van der Waals surface area contributed by atoms with Gasteiger partial charge >= 0.3 is 11.9 Å². The third-order valence-corrected chi connectivity index (χ3v) is 4.34. The maximum absolute atomic E-state index is 12.3. The second kappa shape index (κ2) is 12.4. The van der Waals surface area contributed by atoms with Crippen LogP contribution in [0.3, 0.4) is 0 Å². The lowest BCUT2D eigenvalue weighted by Crippen LogP contribution is -2.54. The van der Waals surface area contributed by atoms with Crippen LogP contribution in [0.2, 0.25) is 0 Å². The van der Waals surface area contributed by atoms with Gasteiger partial charge in [-0.3, -0.25) is 19.2 Å². The number of aromatic hydroxyl groups is 1. The molecule has 0 fully saturated rings. The molecule has 3 unspecified atom stereocenters. The van der Waals surface area contributed by atoms with Crippen LogP contribution in [-0.2, 0) is 30.4 Å². The Kier molecular flexibility index (Phi) is 10.3. The fraction of sp³-hybridized carbons (Fsp3) is 0.389. The van der Waals surface area contributed by atoms with Crippen molar-refractivity contribution in [3.8, 4) is 5.75 Å². The Balaban J connectivity index is 2.67. The fourth-order valence-corrected chi connectivity index (χ4v) is 2.61. The molecule has 0 aromatic heterocycles. The summed E-state index contributed by atoms with van der Waals surface area (Å²) in [5.41, 5.74) is 6.44. The zero-order valence-corrected chi connectivity index (χ0v) is 17.2.